The monoisotopic (exact) mass is 356 g/mol. The van der Waals surface area contributed by atoms with Crippen molar-refractivity contribution >= 4 is 28.9 Å². The molecule has 0 aliphatic rings. The zero-order chi connectivity index (χ0) is 18.2. The van der Waals surface area contributed by atoms with Gasteiger partial charge in [-0.05, 0) is 61.5 Å². The zero-order valence-corrected chi connectivity index (χ0v) is 15.7. The summed E-state index contributed by atoms with van der Waals surface area (Å²) in [7, 11) is 0. The molecule has 0 saturated heterocycles. The van der Waals surface area contributed by atoms with Crippen LogP contribution >= 0.6 is 12.2 Å². The molecule has 2 aromatic rings. The van der Waals surface area contributed by atoms with Gasteiger partial charge in [-0.15, -0.1) is 0 Å². The molecular formula is C20H24N2O2S. The largest absolute Gasteiger partial charge is 0.493 e. The maximum absolute atomic E-state index is 12.4. The molecule has 0 aliphatic heterocycles. The van der Waals surface area contributed by atoms with Crippen molar-refractivity contribution in [3.8, 4) is 5.75 Å². The van der Waals surface area contributed by atoms with Gasteiger partial charge >= 0.3 is 0 Å². The lowest BCUT2D eigenvalue weighted by Crippen LogP contribution is -2.42. The van der Waals surface area contributed by atoms with Crippen LogP contribution in [0.4, 0.5) is 5.69 Å². The Kier molecular flexibility index (Phi) is 6.95. The Morgan fingerprint density at radius 1 is 1.12 bits per heavy atom. The first-order valence-corrected chi connectivity index (χ1v) is 8.82. The highest BCUT2D eigenvalue weighted by Gasteiger charge is 2.14. The minimum atomic E-state index is -0.227. The van der Waals surface area contributed by atoms with Gasteiger partial charge in [0.1, 0.15) is 5.75 Å². The molecule has 0 atom stereocenters. The smallest absolute Gasteiger partial charge is 0.257 e. The number of carbonyl (C=O) groups is 1. The molecule has 2 aromatic carbocycles. The summed E-state index contributed by atoms with van der Waals surface area (Å²) in [5.41, 5.74) is 1.50. The number of nitrogens with one attached hydrogen (secondary N) is 1. The standard InChI is InChI=1S/C20H24N2O2S/c1-4-22(17-8-6-5-7-9-17)20(25)21-19(23)16-10-12-18(13-11-16)24-14-15(2)3/h5-13,15H,4,14H2,1-3H3,(H,21,23,25). The topological polar surface area (TPSA) is 41.6 Å². The summed E-state index contributed by atoms with van der Waals surface area (Å²) in [5, 5.41) is 3.18. The van der Waals surface area contributed by atoms with E-state index in [9.17, 15) is 4.79 Å². The average Bonchev–Trinajstić information content (AvgIpc) is 2.62. The predicted octanol–water partition coefficient (Wildman–Crippen LogP) is 4.26. The van der Waals surface area contributed by atoms with Crippen molar-refractivity contribution < 1.29 is 9.53 Å². The van der Waals surface area contributed by atoms with Crippen LogP contribution in [-0.4, -0.2) is 24.2 Å². The van der Waals surface area contributed by atoms with Crippen molar-refractivity contribution in [3.05, 3.63) is 60.2 Å². The number of rotatable bonds is 6. The van der Waals surface area contributed by atoms with Gasteiger partial charge in [0.25, 0.3) is 5.91 Å². The van der Waals surface area contributed by atoms with E-state index in [-0.39, 0.29) is 5.91 Å². The van der Waals surface area contributed by atoms with Crippen molar-refractivity contribution in [2.45, 2.75) is 20.8 Å². The van der Waals surface area contributed by atoms with Crippen molar-refractivity contribution in [2.75, 3.05) is 18.1 Å². The molecule has 4 nitrogen and oxygen atoms in total. The second-order valence-corrected chi connectivity index (χ2v) is 6.46. The third-order valence-electron chi connectivity index (χ3n) is 3.55. The summed E-state index contributed by atoms with van der Waals surface area (Å²) >= 11 is 5.40. The summed E-state index contributed by atoms with van der Waals surface area (Å²) in [5.74, 6) is 0.987. The Hall–Kier alpha value is -2.40. The third kappa shape index (κ3) is 5.57. The number of hydrogen-bond donors (Lipinski definition) is 1. The molecule has 1 amide bonds. The number of ether oxygens (including phenoxy) is 1. The molecule has 0 saturated carbocycles. The number of para-hydroxylation sites is 1. The normalized spacial score (nSPS) is 10.4. The summed E-state index contributed by atoms with van der Waals surface area (Å²) in [4.78, 5) is 14.3. The maximum atomic E-state index is 12.4. The summed E-state index contributed by atoms with van der Waals surface area (Å²) in [6.07, 6.45) is 0. The molecule has 25 heavy (non-hydrogen) atoms. The highest BCUT2D eigenvalue weighted by atomic mass is 32.1. The highest BCUT2D eigenvalue weighted by Crippen LogP contribution is 2.15. The molecule has 0 spiro atoms. The van der Waals surface area contributed by atoms with Crippen LogP contribution in [0.2, 0.25) is 0 Å². The first-order chi connectivity index (χ1) is 12.0. The second kappa shape index (κ2) is 9.18. The van der Waals surface area contributed by atoms with Crippen LogP contribution in [0.5, 0.6) is 5.75 Å². The lowest BCUT2D eigenvalue weighted by atomic mass is 10.2. The quantitative estimate of drug-likeness (QED) is 0.785. The Balaban J connectivity index is 1.99. The predicted molar refractivity (Wildman–Crippen MR) is 106 cm³/mol. The van der Waals surface area contributed by atoms with E-state index in [1.165, 1.54) is 0 Å². The molecule has 132 valence electrons. The first-order valence-electron chi connectivity index (χ1n) is 8.42. The zero-order valence-electron chi connectivity index (χ0n) is 14.9. The van der Waals surface area contributed by atoms with E-state index in [4.69, 9.17) is 17.0 Å². The van der Waals surface area contributed by atoms with E-state index in [0.29, 0.717) is 29.7 Å². The van der Waals surface area contributed by atoms with Crippen LogP contribution in [0.25, 0.3) is 0 Å². The fourth-order valence-electron chi connectivity index (χ4n) is 2.25. The summed E-state index contributed by atoms with van der Waals surface area (Å²) < 4.78 is 5.63. The van der Waals surface area contributed by atoms with E-state index >= 15 is 0 Å². The number of benzene rings is 2. The van der Waals surface area contributed by atoms with Crippen molar-refractivity contribution in [1.29, 1.82) is 0 Å². The molecular weight excluding hydrogens is 332 g/mol. The molecule has 0 radical (unpaired) electrons. The number of nitrogens with zero attached hydrogens (tertiary/aromatic N) is 1. The summed E-state index contributed by atoms with van der Waals surface area (Å²) in [6.45, 7) is 7.50. The molecule has 0 aliphatic carbocycles. The number of thiocarbonyl (C=S) groups is 1. The fraction of sp³-hybridized carbons (Fsp3) is 0.300. The van der Waals surface area contributed by atoms with Crippen LogP contribution in [0.1, 0.15) is 31.1 Å². The highest BCUT2D eigenvalue weighted by molar-refractivity contribution is 7.80. The average molecular weight is 356 g/mol. The lowest BCUT2D eigenvalue weighted by molar-refractivity contribution is 0.0977. The summed E-state index contributed by atoms with van der Waals surface area (Å²) in [6, 6.07) is 16.8. The Labute approximate surface area is 154 Å². The van der Waals surface area contributed by atoms with E-state index < -0.39 is 0 Å². The van der Waals surface area contributed by atoms with E-state index in [0.717, 1.165) is 11.4 Å². The van der Waals surface area contributed by atoms with Gasteiger partial charge in [-0.25, -0.2) is 0 Å². The molecule has 1 N–H and O–H groups in total. The number of amides is 1. The van der Waals surface area contributed by atoms with Gasteiger partial charge in [0.05, 0.1) is 6.61 Å². The minimum Gasteiger partial charge on any atom is -0.493 e. The number of anilines is 1. The van der Waals surface area contributed by atoms with Gasteiger partial charge in [-0.3, -0.25) is 10.1 Å². The SMILES string of the molecule is CCN(C(=S)NC(=O)c1ccc(OCC(C)C)cc1)c1ccccc1. The van der Waals surface area contributed by atoms with E-state index in [1.807, 2.05) is 42.2 Å². The molecule has 0 fully saturated rings. The fourth-order valence-corrected chi connectivity index (χ4v) is 2.58. The van der Waals surface area contributed by atoms with Gasteiger partial charge in [0.15, 0.2) is 5.11 Å². The molecule has 5 heteroatoms. The van der Waals surface area contributed by atoms with Crippen LogP contribution < -0.4 is 15.0 Å². The Bertz CT molecular complexity index is 699. The van der Waals surface area contributed by atoms with Gasteiger partial charge in [-0.2, -0.15) is 0 Å². The number of hydrogen-bond acceptors (Lipinski definition) is 3. The van der Waals surface area contributed by atoms with Crippen LogP contribution in [0, 0.1) is 5.92 Å². The van der Waals surface area contributed by atoms with E-state index in [2.05, 4.69) is 19.2 Å². The van der Waals surface area contributed by atoms with Crippen molar-refractivity contribution in [3.63, 3.8) is 0 Å². The lowest BCUT2D eigenvalue weighted by Gasteiger charge is -2.23. The minimum absolute atomic E-state index is 0.227. The Morgan fingerprint density at radius 2 is 1.76 bits per heavy atom. The number of carbonyl (C=O) groups excluding carboxylic acids is 1. The molecule has 0 unspecified atom stereocenters. The van der Waals surface area contributed by atoms with E-state index in [1.54, 1.807) is 24.3 Å². The van der Waals surface area contributed by atoms with Crippen LogP contribution in [-0.2, 0) is 0 Å². The van der Waals surface area contributed by atoms with Crippen molar-refractivity contribution in [1.82, 2.24) is 5.32 Å². The van der Waals surface area contributed by atoms with Gasteiger partial charge in [0, 0.05) is 17.8 Å². The van der Waals surface area contributed by atoms with Gasteiger partial charge in [0.2, 0.25) is 0 Å². The molecule has 0 aromatic heterocycles. The molecule has 2 rings (SSSR count). The molecule has 0 bridgehead atoms. The van der Waals surface area contributed by atoms with Crippen LogP contribution in [0.15, 0.2) is 54.6 Å². The maximum Gasteiger partial charge on any atom is 0.257 e. The van der Waals surface area contributed by atoms with Gasteiger partial charge < -0.3 is 9.64 Å². The first kappa shape index (κ1) is 18.9. The van der Waals surface area contributed by atoms with Gasteiger partial charge in [-0.1, -0.05) is 32.0 Å². The van der Waals surface area contributed by atoms with Crippen molar-refractivity contribution in [2.24, 2.45) is 5.92 Å². The van der Waals surface area contributed by atoms with Crippen LogP contribution in [0.3, 0.4) is 0 Å². The molecule has 0 heterocycles. The third-order valence-corrected chi connectivity index (χ3v) is 3.87. The second-order valence-electron chi connectivity index (χ2n) is 6.07. The Morgan fingerprint density at radius 3 is 2.32 bits per heavy atom.